The molecule has 3 saturated heterocycles. The van der Waals surface area contributed by atoms with Crippen molar-refractivity contribution < 1.29 is 18.7 Å². The van der Waals surface area contributed by atoms with Crippen LogP contribution in [0.15, 0.2) is 41.5 Å². The number of carbonyl (C=O) groups is 2. The maximum atomic E-state index is 12.8. The van der Waals surface area contributed by atoms with Crippen LogP contribution < -0.4 is 0 Å². The molecule has 5 heterocycles. The van der Waals surface area contributed by atoms with Crippen molar-refractivity contribution in [1.29, 1.82) is 0 Å². The number of nitrogens with zero attached hydrogens (tertiary/aromatic N) is 4. The van der Waals surface area contributed by atoms with Gasteiger partial charge in [-0.2, -0.15) is 5.10 Å². The fraction of sp³-hybridized carbons (Fsp3) is 0.609. The zero-order chi connectivity index (χ0) is 21.3. The Morgan fingerprint density at radius 1 is 1.16 bits per heavy atom. The van der Waals surface area contributed by atoms with Gasteiger partial charge in [-0.05, 0) is 56.8 Å². The number of carbonyl (C=O) groups excluding carboxylic acids is 2. The number of rotatable bonds is 5. The summed E-state index contributed by atoms with van der Waals surface area (Å²) in [6.45, 7) is 5.06. The number of hydrogen-bond donors (Lipinski definition) is 0. The molecule has 31 heavy (non-hydrogen) atoms. The summed E-state index contributed by atoms with van der Waals surface area (Å²) in [4.78, 5) is 29.6. The molecule has 1 unspecified atom stereocenters. The Labute approximate surface area is 182 Å². The van der Waals surface area contributed by atoms with Gasteiger partial charge in [-0.15, -0.1) is 0 Å². The van der Waals surface area contributed by atoms with Crippen molar-refractivity contribution in [2.45, 2.75) is 44.8 Å². The van der Waals surface area contributed by atoms with Crippen molar-refractivity contribution in [2.75, 3.05) is 32.7 Å². The molecule has 0 bridgehead atoms. The fourth-order valence-corrected chi connectivity index (χ4v) is 5.37. The van der Waals surface area contributed by atoms with E-state index in [1.165, 1.54) is 12.5 Å². The number of furan rings is 1. The molecule has 2 aromatic heterocycles. The molecule has 2 aromatic rings. The van der Waals surface area contributed by atoms with Gasteiger partial charge in [0, 0.05) is 45.0 Å². The average Bonchev–Trinajstić information content (AvgIpc) is 3.53. The van der Waals surface area contributed by atoms with Gasteiger partial charge >= 0.3 is 5.97 Å². The highest BCUT2D eigenvalue weighted by atomic mass is 16.6. The van der Waals surface area contributed by atoms with E-state index < -0.39 is 5.41 Å². The Kier molecular flexibility index (Phi) is 5.56. The summed E-state index contributed by atoms with van der Waals surface area (Å²) in [5.41, 5.74) is 0.148. The average molecular weight is 427 g/mol. The van der Waals surface area contributed by atoms with E-state index in [0.717, 1.165) is 45.4 Å². The second-order valence-electron chi connectivity index (χ2n) is 9.29. The van der Waals surface area contributed by atoms with E-state index in [1.54, 1.807) is 6.07 Å². The van der Waals surface area contributed by atoms with Crippen molar-refractivity contribution in [3.63, 3.8) is 0 Å². The zero-order valence-corrected chi connectivity index (χ0v) is 17.8. The smallest absolute Gasteiger partial charge is 0.312 e. The van der Waals surface area contributed by atoms with Gasteiger partial charge in [-0.25, -0.2) is 0 Å². The number of aromatic nitrogens is 2. The molecule has 1 atom stereocenters. The van der Waals surface area contributed by atoms with Crippen LogP contribution in [0.4, 0.5) is 0 Å². The molecule has 0 aromatic carbocycles. The third-order valence-corrected chi connectivity index (χ3v) is 7.27. The quantitative estimate of drug-likeness (QED) is 0.683. The van der Waals surface area contributed by atoms with Crippen molar-refractivity contribution in [3.05, 3.63) is 42.6 Å². The molecular formula is C23H30N4O4. The van der Waals surface area contributed by atoms with E-state index in [1.807, 2.05) is 28.0 Å². The predicted octanol–water partition coefficient (Wildman–Crippen LogP) is 2.43. The predicted molar refractivity (Wildman–Crippen MR) is 112 cm³/mol. The van der Waals surface area contributed by atoms with E-state index in [0.29, 0.717) is 37.4 Å². The molecular weight excluding hydrogens is 396 g/mol. The Bertz CT molecular complexity index is 879. The van der Waals surface area contributed by atoms with Crippen LogP contribution >= 0.6 is 0 Å². The van der Waals surface area contributed by atoms with E-state index in [9.17, 15) is 9.59 Å². The number of cyclic esters (lactones) is 1. The van der Waals surface area contributed by atoms with E-state index in [2.05, 4.69) is 10.00 Å². The molecule has 3 aliphatic heterocycles. The van der Waals surface area contributed by atoms with Crippen LogP contribution in [0.5, 0.6) is 0 Å². The molecule has 0 saturated carbocycles. The lowest BCUT2D eigenvalue weighted by Gasteiger charge is -2.36. The molecule has 1 spiro atoms. The molecule has 5 rings (SSSR count). The summed E-state index contributed by atoms with van der Waals surface area (Å²) < 4.78 is 12.9. The Morgan fingerprint density at radius 2 is 1.97 bits per heavy atom. The topological polar surface area (TPSA) is 80.8 Å². The molecule has 0 radical (unpaired) electrons. The van der Waals surface area contributed by atoms with Gasteiger partial charge in [-0.3, -0.25) is 19.2 Å². The van der Waals surface area contributed by atoms with Gasteiger partial charge < -0.3 is 14.1 Å². The van der Waals surface area contributed by atoms with Crippen LogP contribution in [0.2, 0.25) is 0 Å². The first-order valence-corrected chi connectivity index (χ1v) is 11.3. The summed E-state index contributed by atoms with van der Waals surface area (Å²) >= 11 is 0. The van der Waals surface area contributed by atoms with E-state index in [4.69, 9.17) is 9.15 Å². The number of hydrogen-bond acceptors (Lipinski definition) is 6. The largest absolute Gasteiger partial charge is 0.472 e. The minimum Gasteiger partial charge on any atom is -0.472 e. The first kappa shape index (κ1) is 20.3. The highest BCUT2D eigenvalue weighted by Crippen LogP contribution is 2.43. The second kappa shape index (κ2) is 8.49. The molecule has 1 amide bonds. The second-order valence-corrected chi connectivity index (χ2v) is 9.29. The van der Waals surface area contributed by atoms with Crippen molar-refractivity contribution in [2.24, 2.45) is 11.3 Å². The maximum Gasteiger partial charge on any atom is 0.312 e. The lowest BCUT2D eigenvalue weighted by molar-refractivity contribution is -0.151. The normalized spacial score (nSPS) is 24.6. The standard InChI is InChI=1S/C23H30N4O4/c28-21(19-4-13-30-17-19)26-11-5-23(6-12-26)14-20(31-22(23)29)16-25-9-2-18(3-10-25)15-27-8-1-7-24-27/h1,4,7-8,13,17-18,20H,2-3,5-6,9-12,14-16H2. The summed E-state index contributed by atoms with van der Waals surface area (Å²) in [6, 6.07) is 3.65. The minimum absolute atomic E-state index is 0.0236. The summed E-state index contributed by atoms with van der Waals surface area (Å²) in [6.07, 6.45) is 11.2. The number of ether oxygens (including phenoxy) is 1. The molecule has 8 nitrogen and oxygen atoms in total. The van der Waals surface area contributed by atoms with Crippen LogP contribution in [-0.2, 0) is 16.1 Å². The molecule has 166 valence electrons. The monoisotopic (exact) mass is 426 g/mol. The molecule has 0 aliphatic carbocycles. The summed E-state index contributed by atoms with van der Waals surface area (Å²) in [7, 11) is 0. The maximum absolute atomic E-state index is 12.8. The third kappa shape index (κ3) is 4.26. The SMILES string of the molecule is O=C(c1ccoc1)N1CCC2(CC1)CC(CN1CCC(Cn3cccn3)CC1)OC2=O. The Balaban J connectivity index is 1.10. The minimum atomic E-state index is -0.420. The lowest BCUT2D eigenvalue weighted by atomic mass is 9.76. The van der Waals surface area contributed by atoms with E-state index in [-0.39, 0.29) is 18.0 Å². The molecule has 8 heteroatoms. The van der Waals surface area contributed by atoms with Gasteiger partial charge in [0.15, 0.2) is 0 Å². The number of amides is 1. The lowest BCUT2D eigenvalue weighted by Crippen LogP contribution is -2.45. The summed E-state index contributed by atoms with van der Waals surface area (Å²) in [5, 5.41) is 4.32. The van der Waals surface area contributed by atoms with Crippen LogP contribution in [-0.4, -0.2) is 70.3 Å². The van der Waals surface area contributed by atoms with Crippen LogP contribution in [0.1, 0.15) is 42.5 Å². The Morgan fingerprint density at radius 3 is 2.65 bits per heavy atom. The molecule has 3 aliphatic rings. The first-order chi connectivity index (χ1) is 15.1. The van der Waals surface area contributed by atoms with E-state index >= 15 is 0 Å². The Hall–Kier alpha value is -2.61. The van der Waals surface area contributed by atoms with Crippen LogP contribution in [0, 0.1) is 11.3 Å². The van der Waals surface area contributed by atoms with Crippen molar-refractivity contribution >= 4 is 11.9 Å². The number of esters is 1. The first-order valence-electron chi connectivity index (χ1n) is 11.3. The number of piperidine rings is 2. The van der Waals surface area contributed by atoms with Gasteiger partial charge in [-0.1, -0.05) is 0 Å². The van der Waals surface area contributed by atoms with Gasteiger partial charge in [0.1, 0.15) is 12.4 Å². The molecule has 0 N–H and O–H groups in total. The van der Waals surface area contributed by atoms with Gasteiger partial charge in [0.05, 0.1) is 17.2 Å². The van der Waals surface area contributed by atoms with Crippen molar-refractivity contribution in [3.8, 4) is 0 Å². The highest BCUT2D eigenvalue weighted by Gasteiger charge is 2.51. The van der Waals surface area contributed by atoms with Gasteiger partial charge in [0.2, 0.25) is 0 Å². The van der Waals surface area contributed by atoms with Crippen molar-refractivity contribution in [1.82, 2.24) is 19.6 Å². The van der Waals surface area contributed by atoms with Gasteiger partial charge in [0.25, 0.3) is 5.91 Å². The zero-order valence-electron chi connectivity index (χ0n) is 17.8. The summed E-state index contributed by atoms with van der Waals surface area (Å²) in [5.74, 6) is 0.566. The van der Waals surface area contributed by atoms with Crippen LogP contribution in [0.3, 0.4) is 0 Å². The third-order valence-electron chi connectivity index (χ3n) is 7.27. The highest BCUT2D eigenvalue weighted by molar-refractivity contribution is 5.94. The van der Waals surface area contributed by atoms with Crippen LogP contribution in [0.25, 0.3) is 0 Å². The molecule has 3 fully saturated rings. The fourth-order valence-electron chi connectivity index (χ4n) is 5.37. The number of likely N-dealkylation sites (tertiary alicyclic amines) is 2.